The second kappa shape index (κ2) is 8.39. The van der Waals surface area contributed by atoms with Gasteiger partial charge in [0, 0.05) is 0 Å². The Labute approximate surface area is 74.3 Å². The average molecular weight is 157 g/mol. The SMILES string of the molecule is [BH4-].[BH4-].[BH4-].[Ti+3][C]1=CC=CC1. The summed E-state index contributed by atoms with van der Waals surface area (Å²) >= 11 is 2.14. The van der Waals surface area contributed by atoms with E-state index >= 15 is 0 Å². The molecule has 50 valence electrons. The Bertz CT molecular complexity index is 109. The molecule has 0 heterocycles. The van der Waals surface area contributed by atoms with E-state index in [1.807, 2.05) is 0 Å². The maximum atomic E-state index is 2.16. The molecule has 1 aliphatic carbocycles. The Morgan fingerprint density at radius 2 is 1.78 bits per heavy atom. The third kappa shape index (κ3) is 6.27. The Kier molecular flexibility index (Phi) is 15.1. The molecule has 0 saturated heterocycles. The van der Waals surface area contributed by atoms with Gasteiger partial charge in [0.25, 0.3) is 0 Å². The van der Waals surface area contributed by atoms with Gasteiger partial charge >= 0.3 is 49.0 Å². The second-order valence-electron chi connectivity index (χ2n) is 1.32. The summed E-state index contributed by atoms with van der Waals surface area (Å²) in [4.78, 5) is 0. The minimum absolute atomic E-state index is 0. The summed E-state index contributed by atoms with van der Waals surface area (Å²) in [5.74, 6) is 0. The first-order valence-corrected chi connectivity index (χ1v) is 2.75. The first-order chi connectivity index (χ1) is 2.89. The Balaban J connectivity index is -0.000000120. The molecule has 0 nitrogen and oxygen atoms in total. The topological polar surface area (TPSA) is 0 Å². The van der Waals surface area contributed by atoms with Gasteiger partial charge in [0.2, 0.25) is 0 Å². The van der Waals surface area contributed by atoms with Crippen LogP contribution in [0.3, 0.4) is 0 Å². The molecule has 0 aromatic rings. The van der Waals surface area contributed by atoms with E-state index in [9.17, 15) is 0 Å². The quantitative estimate of drug-likeness (QED) is 0.329. The van der Waals surface area contributed by atoms with Crippen LogP contribution in [0.4, 0.5) is 0 Å². The fourth-order valence-corrected chi connectivity index (χ4v) is 0.782. The zero-order valence-electron chi connectivity index (χ0n) is 3.44. The van der Waals surface area contributed by atoms with Gasteiger partial charge in [-0.05, 0) is 0 Å². The van der Waals surface area contributed by atoms with Gasteiger partial charge in [-0.15, -0.1) is 0 Å². The molecule has 1 aliphatic rings. The molecule has 0 saturated carbocycles. The summed E-state index contributed by atoms with van der Waals surface area (Å²) in [6.45, 7) is 0. The molecule has 0 aliphatic heterocycles. The fraction of sp³-hybridized carbons (Fsp3) is 0.200. The van der Waals surface area contributed by atoms with Crippen molar-refractivity contribution in [1.82, 2.24) is 0 Å². The van der Waals surface area contributed by atoms with Gasteiger partial charge in [-0.2, -0.15) is 0 Å². The van der Waals surface area contributed by atoms with Crippen molar-refractivity contribution in [1.29, 1.82) is 0 Å². The van der Waals surface area contributed by atoms with E-state index in [1.54, 1.807) is 0 Å². The third-order valence-corrected chi connectivity index (χ3v) is 1.35. The molecule has 0 aromatic carbocycles. The number of allylic oxidation sites excluding steroid dienone is 4. The summed E-state index contributed by atoms with van der Waals surface area (Å²) < 4.78 is 1.47. The molecule has 0 radical (unpaired) electrons. The van der Waals surface area contributed by atoms with Gasteiger partial charge in [-0.1, -0.05) is 25.2 Å². The standard InChI is InChI=1S/C5H5.3BH4.Ti/c1-2-4-5-3-1;;;;/h1-3H,4H2;3*1H4;/q;3*-1;+3. The predicted molar refractivity (Wildman–Crippen MR) is 55.8 cm³/mol. The predicted octanol–water partition coefficient (Wildman–Crippen LogP) is -2.98. The van der Waals surface area contributed by atoms with Gasteiger partial charge in [-0.25, -0.2) is 0 Å². The number of hydrogen-bond acceptors (Lipinski definition) is 0. The van der Waals surface area contributed by atoms with Crippen molar-refractivity contribution in [3.05, 3.63) is 22.1 Å². The van der Waals surface area contributed by atoms with E-state index in [0.29, 0.717) is 0 Å². The zero-order valence-corrected chi connectivity index (χ0v) is 5.00. The van der Waals surface area contributed by atoms with Crippen LogP contribution >= 0.6 is 0 Å². The molecule has 0 amide bonds. The molecule has 0 aromatic heterocycles. The van der Waals surface area contributed by atoms with Crippen molar-refractivity contribution < 1.29 is 20.4 Å². The van der Waals surface area contributed by atoms with E-state index in [0.717, 1.165) is 0 Å². The summed E-state index contributed by atoms with van der Waals surface area (Å²) in [7, 11) is 0. The summed E-state index contributed by atoms with van der Waals surface area (Å²) in [6.07, 6.45) is 7.56. The van der Waals surface area contributed by atoms with E-state index in [1.165, 1.54) is 10.3 Å². The fourth-order valence-electron chi connectivity index (χ4n) is 0.447. The van der Waals surface area contributed by atoms with Crippen LogP contribution in [0.2, 0.25) is 0 Å². The van der Waals surface area contributed by atoms with Crippen LogP contribution in [-0.4, -0.2) is 25.2 Å². The first kappa shape index (κ1) is 16.2. The van der Waals surface area contributed by atoms with Crippen molar-refractivity contribution in [2.45, 2.75) is 6.42 Å². The molecular formula is C5H17B3Ti. The van der Waals surface area contributed by atoms with E-state index in [4.69, 9.17) is 0 Å². The van der Waals surface area contributed by atoms with Crippen molar-refractivity contribution in [3.63, 3.8) is 0 Å². The summed E-state index contributed by atoms with van der Waals surface area (Å²) in [5, 5.41) is 0. The average Bonchev–Trinajstić information content (AvgIpc) is 1.86. The van der Waals surface area contributed by atoms with Crippen molar-refractivity contribution >= 4 is 25.2 Å². The normalized spacial score (nSPS) is 12.4. The summed E-state index contributed by atoms with van der Waals surface area (Å²) in [6, 6.07) is 0. The Morgan fingerprint density at radius 3 is 1.89 bits per heavy atom. The zero-order chi connectivity index (χ0) is 4.41. The van der Waals surface area contributed by atoms with Crippen LogP contribution in [0.1, 0.15) is 6.42 Å². The van der Waals surface area contributed by atoms with E-state index in [-0.39, 0.29) is 25.2 Å². The number of rotatable bonds is 0. The van der Waals surface area contributed by atoms with Crippen LogP contribution in [0.15, 0.2) is 22.1 Å². The second-order valence-corrected chi connectivity index (χ2v) is 2.33. The maximum absolute atomic E-state index is 2.16. The molecular weight excluding hydrogens is 140 g/mol. The van der Waals surface area contributed by atoms with E-state index in [2.05, 4.69) is 38.7 Å². The number of hydrogen-bond donors (Lipinski definition) is 0. The van der Waals surface area contributed by atoms with Crippen molar-refractivity contribution in [3.8, 4) is 0 Å². The molecule has 9 heavy (non-hydrogen) atoms. The molecule has 0 spiro atoms. The Hall–Kier alpha value is 0.389. The van der Waals surface area contributed by atoms with Crippen LogP contribution in [-0.2, 0) is 20.4 Å². The van der Waals surface area contributed by atoms with Gasteiger partial charge in [0.05, 0.1) is 0 Å². The molecule has 4 heteroatoms. The summed E-state index contributed by atoms with van der Waals surface area (Å²) in [5.41, 5.74) is 0. The van der Waals surface area contributed by atoms with Gasteiger partial charge in [0.15, 0.2) is 0 Å². The molecule has 0 atom stereocenters. The third-order valence-electron chi connectivity index (χ3n) is 0.771. The minimum atomic E-state index is 0. The molecule has 1 rings (SSSR count). The van der Waals surface area contributed by atoms with Gasteiger partial charge in [-0.3, -0.25) is 0 Å². The monoisotopic (exact) mass is 158 g/mol. The van der Waals surface area contributed by atoms with Gasteiger partial charge < -0.3 is 0 Å². The van der Waals surface area contributed by atoms with Crippen molar-refractivity contribution in [2.24, 2.45) is 0 Å². The van der Waals surface area contributed by atoms with Crippen LogP contribution in [0.25, 0.3) is 0 Å². The molecule has 0 N–H and O–H groups in total. The molecule has 0 unspecified atom stereocenters. The molecule has 0 bridgehead atoms. The van der Waals surface area contributed by atoms with Crippen LogP contribution in [0, 0.1) is 0 Å². The first-order valence-electron chi connectivity index (χ1n) is 1.97. The molecule has 0 fully saturated rings. The van der Waals surface area contributed by atoms with Crippen LogP contribution in [0.5, 0.6) is 0 Å². The Morgan fingerprint density at radius 1 is 1.22 bits per heavy atom. The van der Waals surface area contributed by atoms with E-state index < -0.39 is 0 Å². The van der Waals surface area contributed by atoms with Crippen LogP contribution < -0.4 is 0 Å². The van der Waals surface area contributed by atoms with Crippen molar-refractivity contribution in [2.75, 3.05) is 0 Å². The van der Waals surface area contributed by atoms with Gasteiger partial charge in [0.1, 0.15) is 0 Å².